The molecule has 1 aromatic heterocycles. The molecule has 0 bridgehead atoms. The van der Waals surface area contributed by atoms with Crippen LogP contribution >= 0.6 is 0 Å². The Labute approximate surface area is 107 Å². The molecule has 2 rings (SSSR count). The molecule has 1 heterocycles. The van der Waals surface area contributed by atoms with E-state index >= 15 is 0 Å². The summed E-state index contributed by atoms with van der Waals surface area (Å²) in [6, 6.07) is 8.11. The van der Waals surface area contributed by atoms with Crippen molar-refractivity contribution in [2.45, 2.75) is 39.2 Å². The molecule has 96 valence electrons. The van der Waals surface area contributed by atoms with Crippen LogP contribution in [0.25, 0.3) is 11.4 Å². The number of rotatable bonds is 4. The minimum Gasteiger partial charge on any atom is -0.339 e. The average molecular weight is 245 g/mol. The van der Waals surface area contributed by atoms with Gasteiger partial charge in [-0.2, -0.15) is 4.98 Å². The highest BCUT2D eigenvalue weighted by molar-refractivity contribution is 5.54. The van der Waals surface area contributed by atoms with Crippen molar-refractivity contribution >= 4 is 0 Å². The first kappa shape index (κ1) is 12.8. The van der Waals surface area contributed by atoms with Crippen molar-refractivity contribution < 1.29 is 4.52 Å². The molecular weight excluding hydrogens is 226 g/mol. The second-order valence-electron chi connectivity index (χ2n) is 4.68. The van der Waals surface area contributed by atoms with Crippen molar-refractivity contribution in [3.8, 4) is 11.4 Å². The van der Waals surface area contributed by atoms with E-state index < -0.39 is 0 Å². The Hall–Kier alpha value is -1.68. The Balaban J connectivity index is 2.22. The van der Waals surface area contributed by atoms with Gasteiger partial charge in [0.1, 0.15) is 0 Å². The third-order valence-electron chi connectivity index (χ3n) is 3.25. The van der Waals surface area contributed by atoms with E-state index in [2.05, 4.69) is 17.1 Å². The monoisotopic (exact) mass is 245 g/mol. The molecule has 1 aromatic carbocycles. The molecule has 0 aliphatic carbocycles. The fourth-order valence-electron chi connectivity index (χ4n) is 1.78. The van der Waals surface area contributed by atoms with Crippen LogP contribution in [0.2, 0.25) is 0 Å². The van der Waals surface area contributed by atoms with Crippen molar-refractivity contribution in [3.05, 3.63) is 35.7 Å². The van der Waals surface area contributed by atoms with E-state index in [4.69, 9.17) is 10.3 Å². The van der Waals surface area contributed by atoms with Gasteiger partial charge < -0.3 is 10.3 Å². The zero-order valence-corrected chi connectivity index (χ0v) is 11.1. The minimum absolute atomic E-state index is 0.0521. The van der Waals surface area contributed by atoms with E-state index in [0.29, 0.717) is 11.7 Å². The third-order valence-corrected chi connectivity index (χ3v) is 3.25. The molecule has 0 radical (unpaired) electrons. The van der Waals surface area contributed by atoms with Gasteiger partial charge in [-0.05, 0) is 13.3 Å². The number of nitrogens with two attached hydrogens (primary N) is 1. The lowest BCUT2D eigenvalue weighted by molar-refractivity contribution is 0.340. The molecule has 0 aliphatic rings. The maximum atomic E-state index is 5.99. The summed E-state index contributed by atoms with van der Waals surface area (Å²) in [5.74, 6) is 1.32. The second-order valence-corrected chi connectivity index (χ2v) is 4.68. The van der Waals surface area contributed by atoms with Crippen LogP contribution in [0.1, 0.15) is 37.6 Å². The molecule has 4 nitrogen and oxygen atoms in total. The predicted molar refractivity (Wildman–Crippen MR) is 71.2 cm³/mol. The van der Waals surface area contributed by atoms with E-state index in [0.717, 1.165) is 12.0 Å². The fourth-order valence-corrected chi connectivity index (χ4v) is 1.78. The molecule has 2 N–H and O–H groups in total. The Morgan fingerprint density at radius 1 is 1.28 bits per heavy atom. The molecule has 0 aliphatic heterocycles. The highest BCUT2D eigenvalue weighted by Crippen LogP contribution is 2.22. The van der Waals surface area contributed by atoms with Gasteiger partial charge in [-0.15, -0.1) is 0 Å². The molecule has 0 fully saturated rings. The van der Waals surface area contributed by atoms with Crippen molar-refractivity contribution in [1.29, 1.82) is 0 Å². The summed E-state index contributed by atoms with van der Waals surface area (Å²) < 4.78 is 5.29. The molecular formula is C14H19N3O. The van der Waals surface area contributed by atoms with Crippen molar-refractivity contribution in [2.24, 2.45) is 5.73 Å². The summed E-state index contributed by atoms with van der Waals surface area (Å²) in [6.45, 7) is 6.12. The first-order chi connectivity index (χ1) is 8.61. The van der Waals surface area contributed by atoms with Crippen LogP contribution in [0.4, 0.5) is 0 Å². The maximum absolute atomic E-state index is 5.99. The Morgan fingerprint density at radius 2 is 1.94 bits per heavy atom. The van der Waals surface area contributed by atoms with E-state index in [9.17, 15) is 0 Å². The second kappa shape index (κ2) is 5.31. The van der Waals surface area contributed by atoms with Crippen LogP contribution in [0.5, 0.6) is 0 Å². The summed E-state index contributed by atoms with van der Waals surface area (Å²) >= 11 is 0. The van der Waals surface area contributed by atoms with Crippen LogP contribution in [0.3, 0.4) is 0 Å². The minimum atomic E-state index is 0.0521. The SMILES string of the molecule is CCC(N)C(C)c1nc(-c2ccc(C)cc2)no1. The lowest BCUT2D eigenvalue weighted by Crippen LogP contribution is -2.25. The van der Waals surface area contributed by atoms with E-state index in [1.807, 2.05) is 38.1 Å². The molecule has 0 saturated heterocycles. The average Bonchev–Trinajstić information content (AvgIpc) is 2.87. The predicted octanol–water partition coefficient (Wildman–Crippen LogP) is 2.89. The Bertz CT molecular complexity index is 504. The first-order valence-corrected chi connectivity index (χ1v) is 6.28. The number of hydrogen-bond acceptors (Lipinski definition) is 4. The van der Waals surface area contributed by atoms with Gasteiger partial charge in [0.25, 0.3) is 0 Å². The highest BCUT2D eigenvalue weighted by Gasteiger charge is 2.20. The first-order valence-electron chi connectivity index (χ1n) is 6.28. The summed E-state index contributed by atoms with van der Waals surface area (Å²) in [5.41, 5.74) is 8.17. The molecule has 18 heavy (non-hydrogen) atoms. The van der Waals surface area contributed by atoms with Crippen molar-refractivity contribution in [3.63, 3.8) is 0 Å². The van der Waals surface area contributed by atoms with Gasteiger partial charge in [0.2, 0.25) is 11.7 Å². The third kappa shape index (κ3) is 2.59. The molecule has 2 unspecified atom stereocenters. The smallest absolute Gasteiger partial charge is 0.231 e. The normalized spacial score (nSPS) is 14.4. The number of benzene rings is 1. The molecule has 0 amide bonds. The molecule has 0 saturated carbocycles. The number of nitrogens with zero attached hydrogens (tertiary/aromatic N) is 2. The summed E-state index contributed by atoms with van der Waals surface area (Å²) in [4.78, 5) is 4.42. The molecule has 2 aromatic rings. The number of aryl methyl sites for hydroxylation is 1. The van der Waals surface area contributed by atoms with Gasteiger partial charge in [0, 0.05) is 11.6 Å². The van der Waals surface area contributed by atoms with E-state index in [1.54, 1.807) is 0 Å². The topological polar surface area (TPSA) is 64.9 Å². The van der Waals surface area contributed by atoms with Gasteiger partial charge in [-0.1, -0.05) is 48.8 Å². The lowest BCUT2D eigenvalue weighted by atomic mass is 10.0. The lowest BCUT2D eigenvalue weighted by Gasteiger charge is -2.13. The molecule has 4 heteroatoms. The van der Waals surface area contributed by atoms with Crippen molar-refractivity contribution in [2.75, 3.05) is 0 Å². The van der Waals surface area contributed by atoms with Crippen molar-refractivity contribution in [1.82, 2.24) is 10.1 Å². The van der Waals surface area contributed by atoms with Crippen LogP contribution in [0, 0.1) is 6.92 Å². The quantitative estimate of drug-likeness (QED) is 0.899. The fraction of sp³-hybridized carbons (Fsp3) is 0.429. The van der Waals surface area contributed by atoms with Crippen LogP contribution in [0.15, 0.2) is 28.8 Å². The summed E-state index contributed by atoms with van der Waals surface area (Å²) in [6.07, 6.45) is 0.892. The zero-order valence-electron chi connectivity index (χ0n) is 11.1. The summed E-state index contributed by atoms with van der Waals surface area (Å²) in [5, 5.41) is 4.01. The van der Waals surface area contributed by atoms with Crippen LogP contribution in [-0.4, -0.2) is 16.2 Å². The van der Waals surface area contributed by atoms with Crippen LogP contribution < -0.4 is 5.73 Å². The van der Waals surface area contributed by atoms with E-state index in [1.165, 1.54) is 5.56 Å². The van der Waals surface area contributed by atoms with Gasteiger partial charge in [-0.3, -0.25) is 0 Å². The standard InChI is InChI=1S/C14H19N3O/c1-4-12(15)10(3)14-16-13(17-18-14)11-7-5-9(2)6-8-11/h5-8,10,12H,4,15H2,1-3H3. The van der Waals surface area contributed by atoms with Gasteiger partial charge in [-0.25, -0.2) is 0 Å². The number of aromatic nitrogens is 2. The zero-order chi connectivity index (χ0) is 13.1. The Kier molecular flexibility index (Phi) is 3.77. The highest BCUT2D eigenvalue weighted by atomic mass is 16.5. The Morgan fingerprint density at radius 3 is 2.56 bits per heavy atom. The largest absolute Gasteiger partial charge is 0.339 e. The maximum Gasteiger partial charge on any atom is 0.231 e. The molecule has 2 atom stereocenters. The molecule has 0 spiro atoms. The van der Waals surface area contributed by atoms with Gasteiger partial charge >= 0.3 is 0 Å². The van der Waals surface area contributed by atoms with Crippen LogP contribution in [-0.2, 0) is 0 Å². The van der Waals surface area contributed by atoms with Gasteiger partial charge in [0.15, 0.2) is 0 Å². The van der Waals surface area contributed by atoms with E-state index in [-0.39, 0.29) is 12.0 Å². The van der Waals surface area contributed by atoms with Gasteiger partial charge in [0.05, 0.1) is 5.92 Å². The summed E-state index contributed by atoms with van der Waals surface area (Å²) in [7, 11) is 0. The number of hydrogen-bond donors (Lipinski definition) is 1.